The number of sulfonamides is 1. The van der Waals surface area contributed by atoms with E-state index in [1.165, 1.54) is 4.31 Å². The first kappa shape index (κ1) is 42.7. The molecule has 5 aromatic carbocycles. The van der Waals surface area contributed by atoms with Gasteiger partial charge in [-0.15, -0.1) is 0 Å². The van der Waals surface area contributed by atoms with Crippen molar-refractivity contribution in [3.05, 3.63) is 203 Å². The normalized spacial score (nSPS) is 12.4. The predicted octanol–water partition coefficient (Wildman–Crippen LogP) is 8.49. The van der Waals surface area contributed by atoms with Crippen LogP contribution in [0.1, 0.15) is 45.4 Å². The van der Waals surface area contributed by atoms with Gasteiger partial charge in [0, 0.05) is 44.6 Å². The highest BCUT2D eigenvalue weighted by Crippen LogP contribution is 2.27. The largest absolute Gasteiger partial charge is 0.464 e. The number of aliphatic hydroxyl groups is 1. The number of pyridine rings is 1. The number of hydrogen-bond acceptors (Lipinski definition) is 7. The molecule has 6 aromatic rings. The smallest absolute Gasteiger partial charge is 0.308 e. The summed E-state index contributed by atoms with van der Waals surface area (Å²) in [5.74, 6) is -0.599. The molecule has 0 saturated carbocycles. The molecule has 1 heterocycles. The number of carbonyl (C=O) groups is 1. The van der Waals surface area contributed by atoms with Crippen LogP contribution in [-0.2, 0) is 45.6 Å². The fraction of sp³-hybridized carbons (Fsp3) is 0.250. The number of carbonyl (C=O) groups excluding carboxylic acids is 1. The number of aryl methyl sites for hydroxylation is 3. The Kier molecular flexibility index (Phi) is 16.3. The zero-order chi connectivity index (χ0) is 40.5. The highest BCUT2D eigenvalue weighted by atomic mass is 32.2. The lowest BCUT2D eigenvalue weighted by Gasteiger charge is -2.35. The van der Waals surface area contributed by atoms with Gasteiger partial charge in [-0.25, -0.2) is 8.42 Å². The van der Waals surface area contributed by atoms with E-state index in [0.29, 0.717) is 30.6 Å². The molecule has 296 valence electrons. The zero-order valence-electron chi connectivity index (χ0n) is 33.0. The first-order chi connectivity index (χ1) is 27.6. The van der Waals surface area contributed by atoms with Crippen LogP contribution in [-0.4, -0.2) is 59.0 Å². The summed E-state index contributed by atoms with van der Waals surface area (Å²) < 4.78 is 35.3. The predicted molar refractivity (Wildman–Crippen MR) is 227 cm³/mol. The highest BCUT2D eigenvalue weighted by molar-refractivity contribution is 7.89. The van der Waals surface area contributed by atoms with Crippen LogP contribution in [0, 0.1) is 20.8 Å². The number of esters is 1. The van der Waals surface area contributed by atoms with Crippen LogP contribution >= 0.6 is 0 Å². The van der Waals surface area contributed by atoms with Crippen molar-refractivity contribution in [1.29, 1.82) is 0 Å². The first-order valence-corrected chi connectivity index (χ1v) is 20.7. The number of aliphatic hydroxyl groups excluding tert-OH is 1. The van der Waals surface area contributed by atoms with Gasteiger partial charge in [0.1, 0.15) is 6.61 Å². The van der Waals surface area contributed by atoms with Crippen molar-refractivity contribution in [1.82, 2.24) is 14.2 Å². The zero-order valence-corrected chi connectivity index (χ0v) is 33.8. The van der Waals surface area contributed by atoms with Crippen LogP contribution in [0.3, 0.4) is 0 Å². The fourth-order valence-corrected chi connectivity index (χ4v) is 8.80. The van der Waals surface area contributed by atoms with E-state index in [0.717, 1.165) is 27.8 Å². The molecule has 0 bridgehead atoms. The highest BCUT2D eigenvalue weighted by Gasteiger charge is 2.31. The topological polar surface area (TPSA) is 100 Å². The number of ether oxygens (including phenoxy) is 1. The maximum absolute atomic E-state index is 14.1. The van der Waals surface area contributed by atoms with E-state index in [1.54, 1.807) is 26.2 Å². The Morgan fingerprint density at radius 3 is 1.60 bits per heavy atom. The van der Waals surface area contributed by atoms with Crippen LogP contribution in [0.4, 0.5) is 0 Å². The minimum Gasteiger partial charge on any atom is -0.464 e. The van der Waals surface area contributed by atoms with E-state index in [4.69, 9.17) is 4.74 Å². The van der Waals surface area contributed by atoms with E-state index >= 15 is 0 Å². The van der Waals surface area contributed by atoms with Gasteiger partial charge in [0.05, 0.1) is 17.4 Å². The molecule has 57 heavy (non-hydrogen) atoms. The first-order valence-electron chi connectivity index (χ1n) is 19.3. The molecule has 2 unspecified atom stereocenters. The molecule has 0 amide bonds. The third-order valence-electron chi connectivity index (χ3n) is 9.59. The molecule has 0 aliphatic heterocycles. The van der Waals surface area contributed by atoms with Crippen molar-refractivity contribution >= 4 is 16.0 Å². The Bertz CT molecular complexity index is 2100. The minimum atomic E-state index is -3.94. The van der Waals surface area contributed by atoms with Crippen molar-refractivity contribution in [2.24, 2.45) is 0 Å². The number of benzene rings is 5. The number of hydrogen-bond donors (Lipinski definition) is 1. The molecular formula is C48H53N3O5S. The number of aromatic nitrogens is 1. The summed E-state index contributed by atoms with van der Waals surface area (Å²) in [5, 5.41) is 11.8. The van der Waals surface area contributed by atoms with Gasteiger partial charge in [-0.05, 0) is 66.6 Å². The fourth-order valence-electron chi connectivity index (χ4n) is 6.98. The lowest BCUT2D eigenvalue weighted by molar-refractivity contribution is -0.147. The van der Waals surface area contributed by atoms with Gasteiger partial charge in [-0.1, -0.05) is 151 Å². The Balaban J connectivity index is 0.000000944. The van der Waals surface area contributed by atoms with Gasteiger partial charge >= 0.3 is 5.97 Å². The molecule has 2 atom stereocenters. The van der Waals surface area contributed by atoms with Crippen LogP contribution in [0.25, 0.3) is 0 Å². The lowest BCUT2D eigenvalue weighted by Crippen LogP contribution is -2.45. The molecule has 0 spiro atoms. The van der Waals surface area contributed by atoms with E-state index in [2.05, 4.69) is 34.1 Å². The summed E-state index contributed by atoms with van der Waals surface area (Å²) in [4.78, 5) is 20.1. The van der Waals surface area contributed by atoms with Gasteiger partial charge in [-0.3, -0.25) is 14.7 Å². The third-order valence-corrected chi connectivity index (χ3v) is 11.7. The molecule has 1 N–H and O–H groups in total. The second-order valence-electron chi connectivity index (χ2n) is 14.2. The van der Waals surface area contributed by atoms with E-state index in [9.17, 15) is 18.3 Å². The Labute approximate surface area is 338 Å². The second-order valence-corrected chi connectivity index (χ2v) is 16.1. The molecule has 8 nitrogen and oxygen atoms in total. The summed E-state index contributed by atoms with van der Waals surface area (Å²) in [7, 11) is -3.94. The monoisotopic (exact) mass is 783 g/mol. The van der Waals surface area contributed by atoms with Gasteiger partial charge in [0.15, 0.2) is 0 Å². The van der Waals surface area contributed by atoms with E-state index in [-0.39, 0.29) is 31.0 Å². The van der Waals surface area contributed by atoms with Crippen molar-refractivity contribution < 1.29 is 23.1 Å². The quantitative estimate of drug-likeness (QED) is 0.0927. The minimum absolute atomic E-state index is 0.0426. The van der Waals surface area contributed by atoms with Crippen LogP contribution in [0.5, 0.6) is 0 Å². The third kappa shape index (κ3) is 13.3. The standard InChI is InChI=1S/C42H47N3O5S.C6H6/c1-32-24-33(2)42(34(3)25-32)51(48,49)45(31-37-18-11-6-12-19-37)22-23-50-41(47)27-40(46)39(26-38-20-13-21-43-28-38)44(29-35-14-7-4-8-15-35)30-36-16-9-5-10-17-36;1-2-4-6-5-3-1/h4-21,24-25,28,39-40,46H,22-23,26-27,29-31H2,1-3H3;1-6H. The average molecular weight is 784 g/mol. The molecule has 0 radical (unpaired) electrons. The number of nitrogens with zero attached hydrogens (tertiary/aromatic N) is 3. The van der Waals surface area contributed by atoms with Crippen molar-refractivity contribution in [3.8, 4) is 0 Å². The summed E-state index contributed by atoms with van der Waals surface area (Å²) in [6, 6.07) is 48.6. The Hall–Kier alpha value is -5.45. The van der Waals surface area contributed by atoms with Crippen LogP contribution in [0.2, 0.25) is 0 Å². The summed E-state index contributed by atoms with van der Waals surface area (Å²) in [6.45, 7) is 6.57. The summed E-state index contributed by atoms with van der Waals surface area (Å²) in [6.07, 6.45) is 2.61. The molecule has 6 rings (SSSR count). The van der Waals surface area contributed by atoms with E-state index < -0.39 is 28.1 Å². The Morgan fingerprint density at radius 2 is 1.12 bits per heavy atom. The van der Waals surface area contributed by atoms with E-state index in [1.807, 2.05) is 134 Å². The maximum atomic E-state index is 14.1. The molecule has 0 saturated heterocycles. The van der Waals surface area contributed by atoms with Crippen molar-refractivity contribution in [2.45, 2.75) is 70.3 Å². The van der Waals surface area contributed by atoms with Crippen LogP contribution < -0.4 is 0 Å². The van der Waals surface area contributed by atoms with Gasteiger partial charge in [0.2, 0.25) is 10.0 Å². The van der Waals surface area contributed by atoms with Crippen LogP contribution in [0.15, 0.2) is 169 Å². The molecular weight excluding hydrogens is 731 g/mol. The second kappa shape index (κ2) is 21.7. The van der Waals surface area contributed by atoms with Crippen molar-refractivity contribution in [3.63, 3.8) is 0 Å². The SMILES string of the molecule is Cc1cc(C)c(S(=O)(=O)N(CCOC(=O)CC(O)C(Cc2cccnc2)N(Cc2ccccc2)Cc2ccccc2)Cc2ccccc2)c(C)c1.c1ccccc1. The molecule has 0 fully saturated rings. The molecule has 0 aliphatic carbocycles. The molecule has 0 aliphatic rings. The number of rotatable bonds is 17. The van der Waals surface area contributed by atoms with Gasteiger partial charge in [-0.2, -0.15) is 4.31 Å². The van der Waals surface area contributed by atoms with Crippen molar-refractivity contribution in [2.75, 3.05) is 13.2 Å². The Morgan fingerprint density at radius 1 is 0.667 bits per heavy atom. The summed E-state index contributed by atoms with van der Waals surface area (Å²) >= 11 is 0. The molecule has 1 aromatic heterocycles. The average Bonchev–Trinajstić information content (AvgIpc) is 3.21. The lowest BCUT2D eigenvalue weighted by atomic mass is 9.97. The molecule has 9 heteroatoms. The summed E-state index contributed by atoms with van der Waals surface area (Å²) in [5.41, 5.74) is 6.24. The van der Waals surface area contributed by atoms with Gasteiger partial charge in [0.25, 0.3) is 0 Å². The maximum Gasteiger partial charge on any atom is 0.308 e. The van der Waals surface area contributed by atoms with Gasteiger partial charge < -0.3 is 9.84 Å².